The average molecular weight is 472 g/mol. The Morgan fingerprint density at radius 1 is 1.27 bits per heavy atom. The average Bonchev–Trinajstić information content (AvgIpc) is 3.12. The van der Waals surface area contributed by atoms with E-state index in [2.05, 4.69) is 15.7 Å². The number of piperidine rings is 1. The van der Waals surface area contributed by atoms with Crippen LogP contribution in [0, 0.1) is 23.2 Å². The van der Waals surface area contributed by atoms with Gasteiger partial charge in [-0.25, -0.2) is 4.21 Å². The number of amides is 2. The van der Waals surface area contributed by atoms with E-state index in [1.807, 2.05) is 35.8 Å². The molecule has 3 saturated heterocycles. The molecule has 2 unspecified atom stereocenters. The van der Waals surface area contributed by atoms with Gasteiger partial charge in [-0.15, -0.1) is 0 Å². The highest BCUT2D eigenvalue weighted by Crippen LogP contribution is 2.48. The molecule has 5 rings (SSSR count). The first-order valence-corrected chi connectivity index (χ1v) is 12.6. The fourth-order valence-electron chi connectivity index (χ4n) is 6.06. The number of nitriles is 1. The van der Waals surface area contributed by atoms with Gasteiger partial charge >= 0.3 is 0 Å². The monoisotopic (exact) mass is 471 g/mol. The lowest BCUT2D eigenvalue weighted by Crippen LogP contribution is -2.53. The minimum Gasteiger partial charge on any atom is -0.330 e. The third-order valence-corrected chi connectivity index (χ3v) is 8.18. The molecule has 33 heavy (non-hydrogen) atoms. The van der Waals surface area contributed by atoms with Crippen LogP contribution in [-0.4, -0.2) is 72.5 Å². The fourth-order valence-corrected chi connectivity index (χ4v) is 6.40. The van der Waals surface area contributed by atoms with E-state index in [0.717, 1.165) is 31.4 Å². The first kappa shape index (κ1) is 22.3. The molecule has 176 valence electrons. The van der Waals surface area contributed by atoms with E-state index in [-0.39, 0.29) is 47.9 Å². The first-order valence-electron chi connectivity index (χ1n) is 11.5. The number of fused-ring (bicyclic) bond motifs is 3. The van der Waals surface area contributed by atoms with E-state index in [4.69, 9.17) is 4.55 Å². The van der Waals surface area contributed by atoms with Gasteiger partial charge in [0.25, 0.3) is 11.3 Å². The zero-order valence-corrected chi connectivity index (χ0v) is 19.6. The van der Waals surface area contributed by atoms with Crippen LogP contribution in [0.25, 0.3) is 0 Å². The van der Waals surface area contributed by atoms with E-state index in [1.165, 1.54) is 0 Å². The summed E-state index contributed by atoms with van der Waals surface area (Å²) in [5, 5.41) is 9.41. The summed E-state index contributed by atoms with van der Waals surface area (Å²) in [4.78, 5) is 32.2. The summed E-state index contributed by atoms with van der Waals surface area (Å²) in [6.07, 6.45) is 2.59. The predicted molar refractivity (Wildman–Crippen MR) is 122 cm³/mol. The van der Waals surface area contributed by atoms with Gasteiger partial charge in [-0.05, 0) is 49.8 Å². The molecule has 9 nitrogen and oxygen atoms in total. The number of likely N-dealkylation sites (tertiary alicyclic amines) is 3. The third kappa shape index (κ3) is 3.92. The molecule has 1 aliphatic carbocycles. The van der Waals surface area contributed by atoms with E-state index >= 15 is 0 Å². The zero-order valence-electron chi connectivity index (χ0n) is 18.8. The van der Waals surface area contributed by atoms with Gasteiger partial charge < -0.3 is 9.80 Å². The lowest BCUT2D eigenvalue weighted by molar-refractivity contribution is -0.142. The Morgan fingerprint density at radius 3 is 2.64 bits per heavy atom. The number of benzene rings is 1. The van der Waals surface area contributed by atoms with Crippen molar-refractivity contribution in [1.82, 2.24) is 14.7 Å². The summed E-state index contributed by atoms with van der Waals surface area (Å²) >= 11 is -2.12. The first-order chi connectivity index (χ1) is 15.8. The number of anilines is 1. The van der Waals surface area contributed by atoms with E-state index < -0.39 is 11.3 Å². The molecule has 0 aromatic heterocycles. The number of hydrogen-bond acceptors (Lipinski definition) is 5. The Balaban J connectivity index is 1.21. The second-order valence-electron chi connectivity index (χ2n) is 9.84. The van der Waals surface area contributed by atoms with E-state index in [9.17, 15) is 19.1 Å². The topological polar surface area (TPSA) is 117 Å². The van der Waals surface area contributed by atoms with Gasteiger partial charge in [0.05, 0.1) is 18.2 Å². The molecular formula is C23H29N5O4S. The van der Waals surface area contributed by atoms with Crippen LogP contribution in [-0.2, 0) is 20.9 Å². The van der Waals surface area contributed by atoms with Crippen molar-refractivity contribution >= 4 is 28.8 Å². The van der Waals surface area contributed by atoms with E-state index in [1.54, 1.807) is 12.1 Å². The molecule has 1 aromatic carbocycles. The molecule has 2 N–H and O–H groups in total. The molecule has 3 aliphatic heterocycles. The third-order valence-electron chi connectivity index (χ3n) is 7.77. The molecule has 3 heterocycles. The minimum absolute atomic E-state index is 0.0458. The van der Waals surface area contributed by atoms with Crippen molar-refractivity contribution in [2.75, 3.05) is 17.8 Å². The second kappa shape index (κ2) is 8.38. The maximum atomic E-state index is 13.2. The fraction of sp³-hybridized carbons (Fsp3) is 0.609. The summed E-state index contributed by atoms with van der Waals surface area (Å²) < 4.78 is 22.3. The van der Waals surface area contributed by atoms with Crippen molar-refractivity contribution in [2.24, 2.45) is 11.8 Å². The molecule has 1 saturated carbocycles. The van der Waals surface area contributed by atoms with Crippen LogP contribution < -0.4 is 4.72 Å². The molecular weight excluding hydrogens is 442 g/mol. The Hall–Kier alpha value is -2.48. The largest absolute Gasteiger partial charge is 0.330 e. The Morgan fingerprint density at radius 2 is 2.00 bits per heavy atom. The normalized spacial score (nSPS) is 32.9. The lowest BCUT2D eigenvalue weighted by Gasteiger charge is -2.38. The molecule has 0 spiro atoms. The summed E-state index contributed by atoms with van der Waals surface area (Å²) in [5.41, 5.74) is 1.51. The van der Waals surface area contributed by atoms with Crippen LogP contribution in [0.1, 0.15) is 44.7 Å². The Kier molecular flexibility index (Phi) is 5.67. The lowest BCUT2D eigenvalue weighted by atomic mass is 10.0. The smallest absolute Gasteiger partial charge is 0.259 e. The van der Waals surface area contributed by atoms with Crippen molar-refractivity contribution in [2.45, 2.75) is 63.3 Å². The maximum Gasteiger partial charge on any atom is 0.259 e. The number of nitrogens with zero attached hydrogens (tertiary/aromatic N) is 4. The molecule has 4 fully saturated rings. The van der Waals surface area contributed by atoms with Crippen LogP contribution in [0.4, 0.5) is 5.69 Å². The highest BCUT2D eigenvalue weighted by atomic mass is 32.2. The standard InChI is InChI=1S/C23H29N5O4S/c1-13(22(29)28-18(10-24)7-16-8-20(16)28)11-26-12-19-9-21(26)23(30)27(19)14(2)15-3-5-17(6-4-15)25-33(31)32/h3-6,13-14,16,18-21,25H,7-9,11-12H2,1-2H3,(H,31,32)/t13-,14-,16+,18-,19-,20?,21-/m0/s1. The highest BCUT2D eigenvalue weighted by molar-refractivity contribution is 7.80. The predicted octanol–water partition coefficient (Wildman–Crippen LogP) is 1.73. The van der Waals surface area contributed by atoms with Crippen LogP contribution in [0.3, 0.4) is 0 Å². The quantitative estimate of drug-likeness (QED) is 0.585. The van der Waals surface area contributed by atoms with Crippen molar-refractivity contribution in [3.8, 4) is 6.07 Å². The van der Waals surface area contributed by atoms with Gasteiger partial charge in [0.15, 0.2) is 0 Å². The minimum atomic E-state index is -2.12. The molecule has 2 amide bonds. The number of hydrogen-bond donors (Lipinski definition) is 2. The van der Waals surface area contributed by atoms with Crippen LogP contribution >= 0.6 is 0 Å². The molecule has 1 aromatic rings. The Bertz CT molecular complexity index is 1030. The van der Waals surface area contributed by atoms with Crippen LogP contribution in [0.5, 0.6) is 0 Å². The van der Waals surface area contributed by atoms with Crippen molar-refractivity contribution in [1.29, 1.82) is 5.26 Å². The molecule has 10 heteroatoms. The van der Waals surface area contributed by atoms with Gasteiger partial charge in [0, 0.05) is 36.8 Å². The van der Waals surface area contributed by atoms with Gasteiger partial charge in [0.1, 0.15) is 6.04 Å². The second-order valence-corrected chi connectivity index (χ2v) is 10.5. The number of nitrogens with one attached hydrogen (secondary N) is 1. The van der Waals surface area contributed by atoms with Gasteiger partial charge in [-0.1, -0.05) is 19.1 Å². The Labute approximate surface area is 196 Å². The van der Waals surface area contributed by atoms with Crippen molar-refractivity contribution < 1.29 is 18.4 Å². The number of carbonyl (C=O) groups excluding carboxylic acids is 2. The van der Waals surface area contributed by atoms with Crippen molar-refractivity contribution in [3.63, 3.8) is 0 Å². The van der Waals surface area contributed by atoms with Crippen LogP contribution in [0.15, 0.2) is 24.3 Å². The highest BCUT2D eigenvalue weighted by Gasteiger charge is 2.55. The van der Waals surface area contributed by atoms with Crippen LogP contribution in [0.2, 0.25) is 0 Å². The molecule has 0 radical (unpaired) electrons. The summed E-state index contributed by atoms with van der Waals surface area (Å²) in [5.74, 6) is 0.399. The summed E-state index contributed by atoms with van der Waals surface area (Å²) in [6.45, 7) is 5.20. The summed E-state index contributed by atoms with van der Waals surface area (Å²) in [7, 11) is 0. The van der Waals surface area contributed by atoms with Gasteiger partial charge in [0.2, 0.25) is 11.8 Å². The zero-order chi connectivity index (χ0) is 23.4. The van der Waals surface area contributed by atoms with E-state index in [0.29, 0.717) is 18.2 Å². The summed E-state index contributed by atoms with van der Waals surface area (Å²) in [6, 6.07) is 9.23. The van der Waals surface area contributed by atoms with Gasteiger partial charge in [-0.2, -0.15) is 5.26 Å². The number of piperazine rings is 1. The molecule has 4 aliphatic rings. The van der Waals surface area contributed by atoms with Crippen molar-refractivity contribution in [3.05, 3.63) is 29.8 Å². The number of rotatable bonds is 7. The number of carbonyl (C=O) groups is 2. The van der Waals surface area contributed by atoms with Gasteiger partial charge in [-0.3, -0.25) is 23.8 Å². The molecule has 2 bridgehead atoms. The maximum absolute atomic E-state index is 13.2. The molecule has 8 atom stereocenters. The SMILES string of the molecule is C[C@@H](CN1C[C@@H]2C[C@H]1C(=O)N2[C@@H](C)c1ccc(NS(=O)O)cc1)C(=O)N1C2C[C@H]2C[C@H]1C#N.